The van der Waals surface area contributed by atoms with Crippen LogP contribution in [0, 0.1) is 0 Å². The summed E-state index contributed by atoms with van der Waals surface area (Å²) in [4.78, 5) is 78.7. The summed E-state index contributed by atoms with van der Waals surface area (Å²) in [6.07, 6.45) is 5.10. The number of carbonyl (C=O) groups excluding carboxylic acids is 5. The molecular formula is C43H48ClN8O7PS. The summed E-state index contributed by atoms with van der Waals surface area (Å²) in [5, 5.41) is 9.68. The lowest BCUT2D eigenvalue weighted by Crippen LogP contribution is -2.54. The Labute approximate surface area is 363 Å². The quantitative estimate of drug-likeness (QED) is 0.0499. The number of nitrogens with one attached hydrogen (secondary N) is 3. The molecule has 3 aliphatic rings. The van der Waals surface area contributed by atoms with E-state index in [1.165, 1.54) is 18.0 Å². The zero-order valence-corrected chi connectivity index (χ0v) is 36.9. The first kappa shape index (κ1) is 43.6. The van der Waals surface area contributed by atoms with Crippen molar-refractivity contribution in [1.82, 2.24) is 25.1 Å². The predicted molar refractivity (Wildman–Crippen MR) is 238 cm³/mol. The maximum Gasteiger partial charge on any atom is 0.263 e. The van der Waals surface area contributed by atoms with Gasteiger partial charge in [-0.25, -0.2) is 4.98 Å². The molecule has 5 amide bonds. The number of unbranched alkanes of at least 4 members (excludes halogenated alkanes) is 1. The van der Waals surface area contributed by atoms with E-state index in [1.807, 2.05) is 54.4 Å². The van der Waals surface area contributed by atoms with E-state index in [-0.39, 0.29) is 35.9 Å². The zero-order valence-electron chi connectivity index (χ0n) is 34.4. The van der Waals surface area contributed by atoms with Gasteiger partial charge in [0.25, 0.3) is 11.8 Å². The molecule has 320 valence electrons. The van der Waals surface area contributed by atoms with Crippen molar-refractivity contribution >= 4 is 94.2 Å². The predicted octanol–water partition coefficient (Wildman–Crippen LogP) is 6.66. The zero-order chi connectivity index (χ0) is 43.4. The van der Waals surface area contributed by atoms with Gasteiger partial charge < -0.3 is 29.7 Å². The largest absolute Gasteiger partial charge is 0.494 e. The molecule has 0 saturated carbocycles. The van der Waals surface area contributed by atoms with Crippen LogP contribution in [0.3, 0.4) is 0 Å². The van der Waals surface area contributed by atoms with Crippen LogP contribution in [0.25, 0.3) is 0 Å². The van der Waals surface area contributed by atoms with Gasteiger partial charge >= 0.3 is 0 Å². The highest BCUT2D eigenvalue weighted by Gasteiger charge is 2.45. The summed E-state index contributed by atoms with van der Waals surface area (Å²) >= 11 is 7.91. The summed E-state index contributed by atoms with van der Waals surface area (Å²) in [6.45, 7) is 4.95. The first-order valence-electron chi connectivity index (χ1n) is 20.1. The number of amides is 5. The van der Waals surface area contributed by atoms with Gasteiger partial charge in [0.2, 0.25) is 23.7 Å². The van der Waals surface area contributed by atoms with E-state index in [9.17, 15) is 28.5 Å². The van der Waals surface area contributed by atoms with Gasteiger partial charge in [0.15, 0.2) is 5.82 Å². The lowest BCUT2D eigenvalue weighted by molar-refractivity contribution is -0.136. The number of rotatable bonds is 15. The van der Waals surface area contributed by atoms with E-state index in [4.69, 9.17) is 16.3 Å². The monoisotopic (exact) mass is 886 g/mol. The summed E-state index contributed by atoms with van der Waals surface area (Å²) in [7, 11) is 0.902. The second kappa shape index (κ2) is 18.7. The Morgan fingerprint density at radius 3 is 2.49 bits per heavy atom. The minimum atomic E-state index is -2.57. The van der Waals surface area contributed by atoms with Crippen LogP contribution in [-0.4, -0.2) is 108 Å². The van der Waals surface area contributed by atoms with Crippen LogP contribution < -0.4 is 30.9 Å². The fraction of sp³-hybridized carbons (Fsp3) is 0.372. The van der Waals surface area contributed by atoms with Crippen molar-refractivity contribution in [2.24, 2.45) is 0 Å². The molecule has 61 heavy (non-hydrogen) atoms. The van der Waals surface area contributed by atoms with Crippen molar-refractivity contribution in [2.45, 2.75) is 61.9 Å². The number of hydrogen-bond donors (Lipinski definition) is 3. The minimum absolute atomic E-state index is 0.0643. The molecule has 3 aromatic carbocycles. The second-order valence-electron chi connectivity index (χ2n) is 15.5. The van der Waals surface area contributed by atoms with Crippen molar-refractivity contribution in [2.75, 3.05) is 61.9 Å². The number of nitrogens with zero attached hydrogens (tertiary/aromatic N) is 5. The molecule has 3 N–H and O–H groups in total. The van der Waals surface area contributed by atoms with Crippen molar-refractivity contribution in [3.63, 3.8) is 0 Å². The molecule has 1 aromatic heterocycles. The number of halogens is 1. The number of para-hydroxylation sites is 1. The highest BCUT2D eigenvalue weighted by Crippen LogP contribution is 2.40. The Morgan fingerprint density at radius 2 is 1.75 bits per heavy atom. The van der Waals surface area contributed by atoms with Crippen LogP contribution in [0.2, 0.25) is 5.02 Å². The smallest absolute Gasteiger partial charge is 0.263 e. The molecule has 2 saturated heterocycles. The van der Waals surface area contributed by atoms with Crippen LogP contribution in [0.4, 0.5) is 28.8 Å². The van der Waals surface area contributed by atoms with Crippen molar-refractivity contribution in [3.8, 4) is 5.75 Å². The number of piperidine rings is 2. The number of hydrogen-bond acceptors (Lipinski definition) is 13. The Bertz CT molecular complexity index is 2420. The number of ether oxygens (including phenoxy) is 1. The van der Waals surface area contributed by atoms with Crippen LogP contribution in [-0.2, 0) is 18.9 Å². The Hall–Kier alpha value is -5.44. The van der Waals surface area contributed by atoms with Gasteiger partial charge in [-0.3, -0.25) is 34.2 Å². The summed E-state index contributed by atoms with van der Waals surface area (Å²) in [6, 6.07) is 17.5. The average Bonchev–Trinajstić information content (AvgIpc) is 3.50. The summed E-state index contributed by atoms with van der Waals surface area (Å²) in [5.41, 5.74) is 2.86. The summed E-state index contributed by atoms with van der Waals surface area (Å²) < 4.78 is 18.7. The average molecular weight is 887 g/mol. The molecule has 0 bridgehead atoms. The number of methoxy groups -OCH3 is 1. The Balaban J connectivity index is 0.877. The lowest BCUT2D eigenvalue weighted by atomic mass is 10.0. The number of thioether (sulfide) groups is 1. The van der Waals surface area contributed by atoms with E-state index in [2.05, 4.69) is 30.8 Å². The molecule has 4 aromatic rings. The second-order valence-corrected chi connectivity index (χ2v) is 20.3. The summed E-state index contributed by atoms with van der Waals surface area (Å²) in [5.74, 6) is -0.0941. The molecule has 15 nitrogen and oxygen atoms in total. The first-order valence-corrected chi connectivity index (χ1v) is 24.1. The van der Waals surface area contributed by atoms with E-state index in [1.54, 1.807) is 38.6 Å². The van der Waals surface area contributed by atoms with Gasteiger partial charge in [-0.2, -0.15) is 4.98 Å². The van der Waals surface area contributed by atoms with Gasteiger partial charge in [0, 0.05) is 61.0 Å². The Morgan fingerprint density at radius 1 is 0.984 bits per heavy atom. The van der Waals surface area contributed by atoms with Crippen molar-refractivity contribution < 1.29 is 33.3 Å². The van der Waals surface area contributed by atoms with Crippen molar-refractivity contribution in [3.05, 3.63) is 83.0 Å². The number of aromatic nitrogens is 2. The molecule has 3 aliphatic heterocycles. The molecule has 4 heterocycles. The third kappa shape index (κ3) is 9.71. The molecule has 2 fully saturated rings. The van der Waals surface area contributed by atoms with E-state index in [0.29, 0.717) is 62.7 Å². The number of imide groups is 2. The highest BCUT2D eigenvalue weighted by molar-refractivity contribution is 7.99. The molecule has 1 atom stereocenters. The van der Waals surface area contributed by atoms with Crippen LogP contribution in [0.15, 0.2) is 71.8 Å². The van der Waals surface area contributed by atoms with Gasteiger partial charge in [-0.05, 0) is 87.6 Å². The van der Waals surface area contributed by atoms with Gasteiger partial charge in [0.05, 0.1) is 35.8 Å². The molecule has 18 heteroatoms. The maximum absolute atomic E-state index is 13.4. The molecular weight excluding hydrogens is 839 g/mol. The van der Waals surface area contributed by atoms with Gasteiger partial charge in [0.1, 0.15) is 24.0 Å². The number of carbonyl (C=O) groups is 5. The normalized spacial score (nSPS) is 17.0. The van der Waals surface area contributed by atoms with Crippen LogP contribution in [0.5, 0.6) is 5.75 Å². The van der Waals surface area contributed by atoms with Gasteiger partial charge in [-0.15, -0.1) is 11.8 Å². The highest BCUT2D eigenvalue weighted by atomic mass is 35.5. The molecule has 7 rings (SSSR count). The first-order chi connectivity index (χ1) is 29.2. The van der Waals surface area contributed by atoms with Crippen molar-refractivity contribution in [1.29, 1.82) is 0 Å². The number of benzene rings is 3. The maximum atomic E-state index is 13.4. The van der Waals surface area contributed by atoms with E-state index in [0.717, 1.165) is 42.9 Å². The fourth-order valence-corrected chi connectivity index (χ4v) is 10.2. The molecule has 0 radical (unpaired) electrons. The van der Waals surface area contributed by atoms with Crippen LogP contribution >= 0.6 is 30.5 Å². The third-order valence-corrected chi connectivity index (χ3v) is 14.1. The van der Waals surface area contributed by atoms with Crippen LogP contribution in [0.1, 0.15) is 65.7 Å². The fourth-order valence-electron chi connectivity index (χ4n) is 7.85. The Kier molecular flexibility index (Phi) is 13.4. The number of fused-ring (bicyclic) bond motifs is 1. The lowest BCUT2D eigenvalue weighted by Gasteiger charge is -2.38. The third-order valence-electron chi connectivity index (χ3n) is 11.2. The molecule has 0 aliphatic carbocycles. The topological polar surface area (TPSA) is 183 Å². The number of anilines is 5. The SMILES string of the molecule is COc1cc(N2CCC(N(C)C(=O)CCCCSc3cccc4c3C(=O)N(C3CCC(=O)NC3=O)C4=O)CC2)ccc1Nc1ncc(Cl)c(Nc2ccccc2P(C)(C)=O)n1. The van der Waals surface area contributed by atoms with Gasteiger partial charge in [-0.1, -0.05) is 29.8 Å². The standard InChI is InChI=1S/C43H48ClN8O7PS/c1-50(37(54)14-7-8-23-61-35-13-9-10-28-38(35)42(57)52(41(28)56)32-17-18-36(53)48-40(32)55)26-19-21-51(22-20-26)27-15-16-30(33(24-27)59-2)47-43-45-25-29(44)39(49-43)46-31-11-5-6-12-34(31)60(3,4)58/h5-6,9-13,15-16,24-26,32H,7-8,14,17-23H2,1-4H3,(H,48,53,55)(H2,45,46,47,49). The van der Waals surface area contributed by atoms with E-state index >= 15 is 0 Å². The molecule has 1 unspecified atom stereocenters. The van der Waals surface area contributed by atoms with E-state index < -0.39 is 36.8 Å². The molecule has 0 spiro atoms. The minimum Gasteiger partial charge on any atom is -0.494 e.